The molecule has 1 heterocycles. The minimum Gasteiger partial charge on any atom is -0.469 e. The van der Waals surface area contributed by atoms with Crippen LogP contribution in [-0.4, -0.2) is 32.2 Å². The van der Waals surface area contributed by atoms with Crippen molar-refractivity contribution < 1.29 is 28.6 Å². The molecule has 4 N–H and O–H groups in total. The summed E-state index contributed by atoms with van der Waals surface area (Å²) in [6, 6.07) is 13.2. The summed E-state index contributed by atoms with van der Waals surface area (Å²) >= 11 is 6.74. The summed E-state index contributed by atoms with van der Waals surface area (Å²) in [6.07, 6.45) is -0.404. The number of amides is 2. The minimum absolute atomic E-state index is 0.0515. The van der Waals surface area contributed by atoms with Crippen LogP contribution in [0.3, 0.4) is 0 Å². The highest BCUT2D eigenvalue weighted by atomic mass is 79.9. The Morgan fingerprint density at radius 1 is 1.11 bits per heavy atom. The Hall–Kier alpha value is -3.82. The fourth-order valence-electron chi connectivity index (χ4n) is 3.49. The summed E-state index contributed by atoms with van der Waals surface area (Å²) in [5.74, 6) is -2.85. The number of nitrogens with one attached hydrogen (secondary N) is 2. The van der Waals surface area contributed by atoms with E-state index >= 15 is 0 Å². The lowest BCUT2D eigenvalue weighted by Crippen LogP contribution is -2.27. The van der Waals surface area contributed by atoms with Gasteiger partial charge in [0.2, 0.25) is 5.88 Å². The van der Waals surface area contributed by atoms with Crippen molar-refractivity contribution in [2.45, 2.75) is 12.3 Å². The number of esters is 2. The second-order valence-corrected chi connectivity index (χ2v) is 9.10. The van der Waals surface area contributed by atoms with E-state index in [1.165, 1.54) is 14.2 Å². The molecule has 1 unspecified atom stereocenters. The van der Waals surface area contributed by atoms with E-state index in [0.29, 0.717) is 21.4 Å². The monoisotopic (exact) mass is 618 g/mol. The Bertz CT molecular complexity index is 1330. The first kappa shape index (κ1) is 26.8. The van der Waals surface area contributed by atoms with Gasteiger partial charge in [-0.3, -0.25) is 4.79 Å². The van der Waals surface area contributed by atoms with Crippen molar-refractivity contribution in [1.82, 2.24) is 0 Å². The third-order valence-electron chi connectivity index (χ3n) is 5.09. The number of carbonyl (C=O) groups excluding carboxylic acids is 3. The number of urea groups is 1. The van der Waals surface area contributed by atoms with Crippen LogP contribution in [0.5, 0.6) is 0 Å². The summed E-state index contributed by atoms with van der Waals surface area (Å²) in [5, 5.41) is 15.2. The predicted molar refractivity (Wildman–Crippen MR) is 137 cm³/mol. The van der Waals surface area contributed by atoms with Gasteiger partial charge in [0, 0.05) is 14.6 Å². The molecule has 0 aliphatic carbocycles. The maximum absolute atomic E-state index is 12.7. The Morgan fingerprint density at radius 2 is 1.86 bits per heavy atom. The lowest BCUT2D eigenvalue weighted by molar-refractivity contribution is -0.140. The number of nitriles is 1. The van der Waals surface area contributed by atoms with Crippen LogP contribution in [0.1, 0.15) is 17.9 Å². The first-order valence-electron chi connectivity index (χ1n) is 10.3. The molecule has 0 saturated heterocycles. The van der Waals surface area contributed by atoms with Gasteiger partial charge in [-0.2, -0.15) is 5.26 Å². The highest BCUT2D eigenvalue weighted by Gasteiger charge is 2.38. The van der Waals surface area contributed by atoms with E-state index in [9.17, 15) is 19.6 Å². The number of anilines is 2. The highest BCUT2D eigenvalue weighted by molar-refractivity contribution is 9.11. The van der Waals surface area contributed by atoms with E-state index in [2.05, 4.69) is 47.2 Å². The molecule has 0 spiro atoms. The van der Waals surface area contributed by atoms with Crippen LogP contribution in [0.25, 0.3) is 0 Å². The third kappa shape index (κ3) is 6.05. The van der Waals surface area contributed by atoms with Gasteiger partial charge in [-0.25, -0.2) is 9.59 Å². The zero-order valence-electron chi connectivity index (χ0n) is 19.1. The average molecular weight is 620 g/mol. The van der Waals surface area contributed by atoms with Gasteiger partial charge in [0.15, 0.2) is 0 Å². The standard InChI is InChI=1S/C24H20Br2N4O6/c1-34-19(31)10-18-21(23(32)35-2)20(15(11-27)22(28)36-18)12-4-3-5-14(8-12)29-24(33)30-17-7-6-13(25)9-16(17)26/h3-9,20H,10,28H2,1-2H3,(H2,29,30,33). The number of carbonyl (C=O) groups is 3. The number of nitrogens with zero attached hydrogens (tertiary/aromatic N) is 1. The Labute approximate surface area is 223 Å². The maximum Gasteiger partial charge on any atom is 0.338 e. The molecule has 1 aliphatic heterocycles. The summed E-state index contributed by atoms with van der Waals surface area (Å²) < 4.78 is 16.6. The van der Waals surface area contributed by atoms with Crippen LogP contribution in [0.15, 0.2) is 74.2 Å². The van der Waals surface area contributed by atoms with Gasteiger partial charge < -0.3 is 30.6 Å². The fraction of sp³-hybridized carbons (Fsp3) is 0.167. The van der Waals surface area contributed by atoms with Crippen LogP contribution < -0.4 is 16.4 Å². The first-order chi connectivity index (χ1) is 17.2. The van der Waals surface area contributed by atoms with E-state index in [1.807, 2.05) is 6.07 Å². The number of allylic oxidation sites excluding steroid dienone is 1. The molecule has 0 bridgehead atoms. The molecular formula is C24H20Br2N4O6. The molecule has 3 rings (SSSR count). The highest BCUT2D eigenvalue weighted by Crippen LogP contribution is 2.41. The Morgan fingerprint density at radius 3 is 2.50 bits per heavy atom. The number of hydrogen-bond acceptors (Lipinski definition) is 8. The quantitative estimate of drug-likeness (QED) is 0.395. The molecule has 2 aromatic carbocycles. The normalized spacial score (nSPS) is 14.9. The Balaban J connectivity index is 1.98. The molecule has 2 aromatic rings. The number of halogens is 2. The number of rotatable bonds is 6. The first-order valence-corrected chi connectivity index (χ1v) is 11.9. The molecular weight excluding hydrogens is 600 g/mol. The van der Waals surface area contributed by atoms with Gasteiger partial charge in [0.1, 0.15) is 23.8 Å². The van der Waals surface area contributed by atoms with Gasteiger partial charge in [-0.05, 0) is 51.8 Å². The molecule has 10 nitrogen and oxygen atoms in total. The number of methoxy groups -OCH3 is 2. The van der Waals surface area contributed by atoms with E-state index in [4.69, 9.17) is 15.2 Å². The molecule has 2 amide bonds. The molecule has 0 radical (unpaired) electrons. The number of ether oxygens (including phenoxy) is 3. The van der Waals surface area contributed by atoms with E-state index in [0.717, 1.165) is 4.47 Å². The van der Waals surface area contributed by atoms with Gasteiger partial charge in [-0.1, -0.05) is 28.1 Å². The molecule has 186 valence electrons. The smallest absolute Gasteiger partial charge is 0.338 e. The van der Waals surface area contributed by atoms with Gasteiger partial charge >= 0.3 is 18.0 Å². The van der Waals surface area contributed by atoms with Crippen LogP contribution in [-0.2, 0) is 23.8 Å². The average Bonchev–Trinajstić information content (AvgIpc) is 2.85. The number of nitrogens with two attached hydrogens (primary N) is 1. The molecule has 0 fully saturated rings. The topological polar surface area (TPSA) is 153 Å². The largest absolute Gasteiger partial charge is 0.469 e. The second kappa shape index (κ2) is 11.7. The maximum atomic E-state index is 12.7. The van der Waals surface area contributed by atoms with Gasteiger partial charge in [0.05, 0.1) is 31.4 Å². The third-order valence-corrected chi connectivity index (χ3v) is 6.24. The van der Waals surface area contributed by atoms with Crippen LogP contribution >= 0.6 is 31.9 Å². The van der Waals surface area contributed by atoms with E-state index < -0.39 is 30.3 Å². The molecule has 0 saturated carbocycles. The molecule has 0 aromatic heterocycles. The van der Waals surface area contributed by atoms with Crippen LogP contribution in [0, 0.1) is 11.3 Å². The van der Waals surface area contributed by atoms with Crippen molar-refractivity contribution >= 4 is 61.2 Å². The van der Waals surface area contributed by atoms with Crippen LogP contribution in [0.2, 0.25) is 0 Å². The second-order valence-electron chi connectivity index (χ2n) is 7.33. The summed E-state index contributed by atoms with van der Waals surface area (Å²) in [5.41, 5.74) is 7.19. The number of hydrogen-bond donors (Lipinski definition) is 3. The van der Waals surface area contributed by atoms with Gasteiger partial charge in [0.25, 0.3) is 0 Å². The summed E-state index contributed by atoms with van der Waals surface area (Å²) in [7, 11) is 2.35. The predicted octanol–water partition coefficient (Wildman–Crippen LogP) is 4.65. The zero-order valence-corrected chi connectivity index (χ0v) is 22.2. The lowest BCUT2D eigenvalue weighted by Gasteiger charge is -2.27. The lowest BCUT2D eigenvalue weighted by atomic mass is 9.82. The van der Waals surface area contributed by atoms with Crippen molar-refractivity contribution in [3.05, 3.63) is 79.8 Å². The van der Waals surface area contributed by atoms with Crippen molar-refractivity contribution in [3.63, 3.8) is 0 Å². The van der Waals surface area contributed by atoms with Crippen molar-refractivity contribution in [2.75, 3.05) is 24.9 Å². The fourth-order valence-corrected chi connectivity index (χ4v) is 4.64. The molecule has 1 atom stereocenters. The van der Waals surface area contributed by atoms with Crippen LogP contribution in [0.4, 0.5) is 16.2 Å². The SMILES string of the molecule is COC(=O)CC1=C(C(=O)OC)C(c2cccc(NC(=O)Nc3ccc(Br)cc3Br)c2)C(C#N)=C(N)O1. The number of benzene rings is 2. The van der Waals surface area contributed by atoms with Crippen molar-refractivity contribution in [2.24, 2.45) is 5.73 Å². The van der Waals surface area contributed by atoms with E-state index in [1.54, 1.807) is 42.5 Å². The Kier molecular flexibility index (Phi) is 8.73. The molecule has 36 heavy (non-hydrogen) atoms. The van der Waals surface area contributed by atoms with Crippen molar-refractivity contribution in [1.29, 1.82) is 5.26 Å². The minimum atomic E-state index is -1.01. The zero-order chi connectivity index (χ0) is 26.4. The van der Waals surface area contributed by atoms with Gasteiger partial charge in [-0.15, -0.1) is 0 Å². The summed E-state index contributed by atoms with van der Waals surface area (Å²) in [4.78, 5) is 37.3. The molecule has 1 aliphatic rings. The molecule has 12 heteroatoms. The van der Waals surface area contributed by atoms with E-state index in [-0.39, 0.29) is 22.8 Å². The van der Waals surface area contributed by atoms with Crippen molar-refractivity contribution in [3.8, 4) is 6.07 Å². The summed E-state index contributed by atoms with van der Waals surface area (Å²) in [6.45, 7) is 0.